The lowest BCUT2D eigenvalue weighted by Crippen LogP contribution is -2.40. The summed E-state index contributed by atoms with van der Waals surface area (Å²) in [6, 6.07) is 0.159. The zero-order valence-electron chi connectivity index (χ0n) is 19.4. The molecule has 7 nitrogen and oxygen atoms in total. The molecule has 0 fully saturated rings. The van der Waals surface area contributed by atoms with Crippen molar-refractivity contribution < 1.29 is 10.0 Å². The molecule has 1 heterocycles. The zero-order chi connectivity index (χ0) is 23.9. The number of aromatic nitrogens is 2. The fourth-order valence-corrected chi connectivity index (χ4v) is 2.77. The van der Waals surface area contributed by atoms with Crippen molar-refractivity contribution in [1.82, 2.24) is 20.8 Å². The van der Waals surface area contributed by atoms with Crippen LogP contribution < -0.4 is 16.1 Å². The van der Waals surface area contributed by atoms with Gasteiger partial charge in [-0.1, -0.05) is 69.5 Å². The Kier molecular flexibility index (Phi) is 12.3. The second-order valence-electron chi connectivity index (χ2n) is 7.37. The molecule has 1 amide bonds. The Balaban J connectivity index is 2.81. The van der Waals surface area contributed by atoms with Crippen LogP contribution in [0, 0.1) is 5.92 Å². The summed E-state index contributed by atoms with van der Waals surface area (Å²) in [5.74, 6) is 0.127. The maximum atomic E-state index is 11.4. The smallest absolute Gasteiger partial charge is 0.277 e. The number of rotatable bonds is 13. The van der Waals surface area contributed by atoms with E-state index in [1.807, 2.05) is 44.2 Å². The van der Waals surface area contributed by atoms with E-state index in [2.05, 4.69) is 59.8 Å². The van der Waals surface area contributed by atoms with Crippen molar-refractivity contribution in [3.8, 4) is 0 Å². The molecule has 0 spiro atoms. The van der Waals surface area contributed by atoms with Crippen LogP contribution in [0.1, 0.15) is 38.1 Å². The molecule has 172 valence electrons. The van der Waals surface area contributed by atoms with Crippen molar-refractivity contribution >= 4 is 11.9 Å². The number of hydroxylamine groups is 1. The van der Waals surface area contributed by atoms with Crippen LogP contribution in [0.5, 0.6) is 0 Å². The van der Waals surface area contributed by atoms with Gasteiger partial charge in [-0.2, -0.15) is 0 Å². The summed E-state index contributed by atoms with van der Waals surface area (Å²) >= 11 is 0. The summed E-state index contributed by atoms with van der Waals surface area (Å²) in [6.45, 7) is 17.4. The van der Waals surface area contributed by atoms with E-state index in [9.17, 15) is 4.79 Å². The summed E-state index contributed by atoms with van der Waals surface area (Å²) in [5.41, 5.74) is 4.89. The predicted octanol–water partition coefficient (Wildman–Crippen LogP) is 4.37. The quantitative estimate of drug-likeness (QED) is 0.208. The van der Waals surface area contributed by atoms with E-state index in [4.69, 9.17) is 5.21 Å². The zero-order valence-corrected chi connectivity index (χ0v) is 19.4. The maximum absolute atomic E-state index is 11.4. The Morgan fingerprint density at radius 1 is 1.16 bits per heavy atom. The van der Waals surface area contributed by atoms with Crippen LogP contribution in [0.4, 0.5) is 5.95 Å². The number of hydrogen-bond acceptors (Lipinski definition) is 6. The van der Waals surface area contributed by atoms with Gasteiger partial charge in [-0.15, -0.1) is 0 Å². The van der Waals surface area contributed by atoms with Gasteiger partial charge in [0.25, 0.3) is 5.91 Å². The van der Waals surface area contributed by atoms with Crippen molar-refractivity contribution in [3.05, 3.63) is 90.4 Å². The van der Waals surface area contributed by atoms with Crippen molar-refractivity contribution in [2.45, 2.75) is 33.7 Å². The van der Waals surface area contributed by atoms with Gasteiger partial charge in [-0.05, 0) is 36.5 Å². The van der Waals surface area contributed by atoms with Gasteiger partial charge in [0.15, 0.2) is 0 Å². The minimum atomic E-state index is -0.649. The molecule has 0 aliphatic carbocycles. The summed E-state index contributed by atoms with van der Waals surface area (Å²) in [6.07, 6.45) is 16.5. The first-order valence-electron chi connectivity index (χ1n) is 10.6. The number of hydrogen-bond donors (Lipinski definition) is 4. The van der Waals surface area contributed by atoms with Gasteiger partial charge < -0.3 is 10.6 Å². The third kappa shape index (κ3) is 8.83. The van der Waals surface area contributed by atoms with E-state index in [-0.39, 0.29) is 11.6 Å². The van der Waals surface area contributed by atoms with Crippen molar-refractivity contribution in [3.63, 3.8) is 0 Å². The number of nitrogens with zero attached hydrogens (tertiary/aromatic N) is 2. The molecule has 0 saturated heterocycles. The number of carbonyl (C=O) groups is 1. The molecule has 1 rings (SSSR count). The number of anilines is 1. The molecule has 1 atom stereocenters. The molecule has 1 aromatic heterocycles. The van der Waals surface area contributed by atoms with Gasteiger partial charge in [0.2, 0.25) is 5.95 Å². The van der Waals surface area contributed by atoms with Crippen molar-refractivity contribution in [1.29, 1.82) is 0 Å². The highest BCUT2D eigenvalue weighted by molar-refractivity contribution is 5.92. The van der Waals surface area contributed by atoms with Crippen LogP contribution >= 0.6 is 0 Å². The van der Waals surface area contributed by atoms with Crippen LogP contribution in [0.25, 0.3) is 0 Å². The molecule has 7 heteroatoms. The highest BCUT2D eigenvalue weighted by Crippen LogP contribution is 2.16. The minimum absolute atomic E-state index is 0.159. The third-order valence-corrected chi connectivity index (χ3v) is 4.82. The molecule has 0 aliphatic heterocycles. The normalized spacial score (nSPS) is 13.9. The van der Waals surface area contributed by atoms with Gasteiger partial charge in [0.05, 0.1) is 5.56 Å². The molecule has 32 heavy (non-hydrogen) atoms. The van der Waals surface area contributed by atoms with Gasteiger partial charge in [0, 0.05) is 31.5 Å². The summed E-state index contributed by atoms with van der Waals surface area (Å²) in [7, 11) is 0. The van der Waals surface area contributed by atoms with Gasteiger partial charge in [-0.3, -0.25) is 10.0 Å². The molecule has 1 unspecified atom stereocenters. The fraction of sp³-hybridized carbons (Fsp3) is 0.320. The lowest BCUT2D eigenvalue weighted by molar-refractivity contribution is 0.0705. The highest BCUT2D eigenvalue weighted by Gasteiger charge is 2.14. The number of allylic oxidation sites excluding steroid dienone is 8. The second-order valence-corrected chi connectivity index (χ2v) is 7.37. The first kappa shape index (κ1) is 26.7. The Labute approximate surface area is 191 Å². The van der Waals surface area contributed by atoms with E-state index in [1.54, 1.807) is 5.48 Å². The Morgan fingerprint density at radius 3 is 2.31 bits per heavy atom. The Morgan fingerprint density at radius 2 is 1.81 bits per heavy atom. The lowest BCUT2D eigenvalue weighted by atomic mass is 10.0. The van der Waals surface area contributed by atoms with Crippen molar-refractivity contribution in [2.75, 3.05) is 18.4 Å². The first-order chi connectivity index (χ1) is 15.4. The molecule has 0 aromatic carbocycles. The van der Waals surface area contributed by atoms with Crippen molar-refractivity contribution in [2.24, 2.45) is 5.92 Å². The van der Waals surface area contributed by atoms with Crippen LogP contribution in [0.3, 0.4) is 0 Å². The second kappa shape index (κ2) is 14.7. The Hall–Kier alpha value is -3.29. The van der Waals surface area contributed by atoms with Crippen LogP contribution in [-0.4, -0.2) is 40.2 Å². The van der Waals surface area contributed by atoms with Gasteiger partial charge in [-0.25, -0.2) is 15.4 Å². The fourth-order valence-electron chi connectivity index (χ4n) is 2.77. The summed E-state index contributed by atoms with van der Waals surface area (Å²) in [4.78, 5) is 19.6. The molecular formula is C25H35N5O2. The lowest BCUT2D eigenvalue weighted by Gasteiger charge is -2.23. The topological polar surface area (TPSA) is 99.2 Å². The number of nitrogens with one attached hydrogen (secondary N) is 3. The molecule has 0 bridgehead atoms. The average Bonchev–Trinajstić information content (AvgIpc) is 2.81. The summed E-state index contributed by atoms with van der Waals surface area (Å²) in [5, 5.41) is 15.4. The summed E-state index contributed by atoms with van der Waals surface area (Å²) < 4.78 is 0. The Bertz CT molecular complexity index is 880. The van der Waals surface area contributed by atoms with Crippen LogP contribution in [0.15, 0.2) is 84.8 Å². The highest BCUT2D eigenvalue weighted by atomic mass is 16.5. The molecule has 0 aliphatic rings. The number of amides is 1. The van der Waals surface area contributed by atoms with Gasteiger partial charge in [0.1, 0.15) is 0 Å². The molecular weight excluding hydrogens is 402 g/mol. The molecule has 4 N–H and O–H groups in total. The SMILES string of the molecule is C=CC(=C\C=C/C)/C(C=C)=C/C(=C\C)CNC(CNc1ncc(C(=O)NO)cn1)C(C)C. The number of carbonyl (C=O) groups excluding carboxylic acids is 1. The average molecular weight is 438 g/mol. The first-order valence-corrected chi connectivity index (χ1v) is 10.6. The monoisotopic (exact) mass is 437 g/mol. The van der Waals surface area contributed by atoms with E-state index in [0.29, 0.717) is 25.0 Å². The molecule has 0 radical (unpaired) electrons. The van der Waals surface area contributed by atoms with Crippen LogP contribution in [-0.2, 0) is 0 Å². The standard InChI is InChI=1S/C25H35N5O2/c1-7-11-12-20(9-3)21(10-4)13-19(8-2)14-26-23(18(5)6)17-29-25-27-15-22(16-28-25)24(31)30-32/h7-13,15-16,18,23,26,32H,3-4,14,17H2,1-2,5-6H3,(H,30,31)(H,27,28,29)/b11-7-,19-8+,20-12+,21-13+. The molecule has 1 aromatic rings. The van der Waals surface area contributed by atoms with Gasteiger partial charge >= 0.3 is 0 Å². The van der Waals surface area contributed by atoms with E-state index >= 15 is 0 Å². The van der Waals surface area contributed by atoms with E-state index in [0.717, 1.165) is 16.7 Å². The van der Waals surface area contributed by atoms with E-state index in [1.165, 1.54) is 12.4 Å². The molecule has 0 saturated carbocycles. The van der Waals surface area contributed by atoms with Crippen LogP contribution in [0.2, 0.25) is 0 Å². The van der Waals surface area contributed by atoms with E-state index < -0.39 is 5.91 Å². The minimum Gasteiger partial charge on any atom is -0.353 e. The predicted molar refractivity (Wildman–Crippen MR) is 132 cm³/mol. The third-order valence-electron chi connectivity index (χ3n) is 4.82. The largest absolute Gasteiger partial charge is 0.353 e. The maximum Gasteiger partial charge on any atom is 0.277 e.